The van der Waals surface area contributed by atoms with Gasteiger partial charge < -0.3 is 0 Å². The fourth-order valence-electron chi connectivity index (χ4n) is 0.540. The highest BCUT2D eigenvalue weighted by molar-refractivity contribution is 4.96. The molecule has 0 atom stereocenters. The minimum atomic E-state index is -4.85. The maximum atomic E-state index is 11.8. The smallest absolute Gasteiger partial charge is 0.271 e. The third-order valence-electron chi connectivity index (χ3n) is 0.980. The van der Waals surface area contributed by atoms with Crippen molar-refractivity contribution in [3.63, 3.8) is 0 Å². The Balaban J connectivity index is 3.39. The molecule has 0 radical (unpaired) electrons. The maximum absolute atomic E-state index is 11.8. The van der Waals surface area contributed by atoms with E-state index in [2.05, 4.69) is 5.10 Å². The topological polar surface area (TPSA) is 78.6 Å². The van der Waals surface area contributed by atoms with E-state index in [0.717, 1.165) is 0 Å². The highest BCUT2D eigenvalue weighted by Gasteiger charge is 2.36. The molecule has 0 unspecified atom stereocenters. The van der Waals surface area contributed by atoms with Gasteiger partial charge in [0.1, 0.15) is 0 Å². The Bertz CT molecular complexity index is 390. The highest BCUT2D eigenvalue weighted by Crippen LogP contribution is 2.23. The molecular weight excluding hydrogens is 179 g/mol. The molecule has 0 aliphatic heterocycles. The summed E-state index contributed by atoms with van der Waals surface area (Å²) in [6, 6.07) is 0. The van der Waals surface area contributed by atoms with Crippen LogP contribution in [0.2, 0.25) is 0 Å². The van der Waals surface area contributed by atoms with Gasteiger partial charge in [-0.25, -0.2) is 9.89 Å². The quantitative estimate of drug-likeness (QED) is 0.565. The van der Waals surface area contributed by atoms with Crippen LogP contribution in [0.25, 0.3) is 0 Å². The Morgan fingerprint density at radius 2 is 1.83 bits per heavy atom. The number of alkyl halides is 3. The Hall–Kier alpha value is -1.60. The largest absolute Gasteiger partial charge is 0.440 e. The number of halogens is 3. The fraction of sp³-hybridized carbons (Fsp3) is 0.250. The Morgan fingerprint density at radius 3 is 2.25 bits per heavy atom. The van der Waals surface area contributed by atoms with Gasteiger partial charge in [-0.15, -0.1) is 0 Å². The van der Waals surface area contributed by atoms with Gasteiger partial charge >= 0.3 is 11.9 Å². The van der Waals surface area contributed by atoms with Gasteiger partial charge in [0.2, 0.25) is 5.69 Å². The predicted molar refractivity (Wildman–Crippen MR) is 30.5 cm³/mol. The summed E-state index contributed by atoms with van der Waals surface area (Å²) in [6.07, 6.45) is -4.85. The number of aromatic amines is 2. The lowest BCUT2D eigenvalue weighted by Crippen LogP contribution is -2.31. The minimum Gasteiger partial charge on any atom is -0.271 e. The molecule has 1 rings (SSSR count). The van der Waals surface area contributed by atoms with Crippen LogP contribution in [0.5, 0.6) is 0 Å². The summed E-state index contributed by atoms with van der Waals surface area (Å²) in [5, 5.41) is 4.01. The van der Waals surface area contributed by atoms with Crippen LogP contribution in [-0.2, 0) is 6.18 Å². The molecule has 8 heteroatoms. The van der Waals surface area contributed by atoms with Gasteiger partial charge in [0.25, 0.3) is 5.56 Å². The third kappa shape index (κ3) is 1.52. The number of hydrogen-bond acceptors (Lipinski definition) is 3. The molecule has 0 aliphatic carbocycles. The fourth-order valence-corrected chi connectivity index (χ4v) is 0.540. The summed E-state index contributed by atoms with van der Waals surface area (Å²) >= 11 is 0. The summed E-state index contributed by atoms with van der Waals surface area (Å²) in [6.45, 7) is 0. The van der Waals surface area contributed by atoms with Gasteiger partial charge in [-0.05, 0) is 0 Å². The number of nitrogens with one attached hydrogen (secondary N) is 2. The summed E-state index contributed by atoms with van der Waals surface area (Å²) in [5.74, 6) is 0. The third-order valence-corrected chi connectivity index (χ3v) is 0.980. The van der Waals surface area contributed by atoms with E-state index < -0.39 is 23.1 Å². The van der Waals surface area contributed by atoms with E-state index >= 15 is 0 Å². The number of rotatable bonds is 0. The molecular formula is C4H2F3N3O2. The van der Waals surface area contributed by atoms with Gasteiger partial charge in [-0.2, -0.15) is 18.3 Å². The van der Waals surface area contributed by atoms with E-state index in [1.807, 2.05) is 0 Å². The van der Waals surface area contributed by atoms with E-state index in [-0.39, 0.29) is 0 Å². The first-order chi connectivity index (χ1) is 5.41. The minimum absolute atomic E-state index is 1.08. The monoisotopic (exact) mass is 181 g/mol. The van der Waals surface area contributed by atoms with Gasteiger partial charge in [0.05, 0.1) is 0 Å². The molecule has 1 aromatic heterocycles. The van der Waals surface area contributed by atoms with Gasteiger partial charge in [0.15, 0.2) is 0 Å². The average Bonchev–Trinajstić information content (AvgIpc) is 1.83. The van der Waals surface area contributed by atoms with Crippen LogP contribution in [0.3, 0.4) is 0 Å². The number of aromatic nitrogens is 3. The molecule has 0 aromatic carbocycles. The molecule has 2 N–H and O–H groups in total. The summed E-state index contributed by atoms with van der Waals surface area (Å²) in [7, 11) is 0. The van der Waals surface area contributed by atoms with Crippen LogP contribution in [0.4, 0.5) is 13.2 Å². The lowest BCUT2D eigenvalue weighted by atomic mass is 10.4. The van der Waals surface area contributed by atoms with Crippen molar-refractivity contribution in [2.45, 2.75) is 6.18 Å². The normalized spacial score (nSPS) is 11.6. The van der Waals surface area contributed by atoms with Crippen molar-refractivity contribution >= 4 is 0 Å². The molecule has 0 saturated heterocycles. The highest BCUT2D eigenvalue weighted by atomic mass is 19.4. The molecule has 0 saturated carbocycles. The molecule has 0 amide bonds. The van der Waals surface area contributed by atoms with Crippen LogP contribution in [0.1, 0.15) is 5.69 Å². The van der Waals surface area contributed by atoms with Crippen LogP contribution in [0.15, 0.2) is 9.59 Å². The zero-order valence-electron chi connectivity index (χ0n) is 5.40. The second-order valence-corrected chi connectivity index (χ2v) is 1.85. The molecule has 5 nitrogen and oxygen atoms in total. The zero-order valence-corrected chi connectivity index (χ0v) is 5.40. The lowest BCUT2D eigenvalue weighted by Gasteiger charge is -2.00. The van der Waals surface area contributed by atoms with Crippen LogP contribution in [0, 0.1) is 0 Å². The van der Waals surface area contributed by atoms with Crippen molar-refractivity contribution in [3.05, 3.63) is 26.5 Å². The van der Waals surface area contributed by atoms with Crippen molar-refractivity contribution in [2.24, 2.45) is 0 Å². The van der Waals surface area contributed by atoms with Crippen molar-refractivity contribution in [2.75, 3.05) is 0 Å². The molecule has 0 spiro atoms. The van der Waals surface area contributed by atoms with E-state index in [4.69, 9.17) is 0 Å². The average molecular weight is 181 g/mol. The van der Waals surface area contributed by atoms with E-state index in [0.29, 0.717) is 0 Å². The molecule has 66 valence electrons. The lowest BCUT2D eigenvalue weighted by molar-refractivity contribution is -0.143. The van der Waals surface area contributed by atoms with Crippen LogP contribution in [-0.4, -0.2) is 15.2 Å². The number of nitrogens with zero attached hydrogens (tertiary/aromatic N) is 1. The molecule has 1 aromatic rings. The SMILES string of the molecule is O=c1[nH]nc(C(F)(F)F)c(=O)[nH]1. The first kappa shape index (κ1) is 8.50. The zero-order chi connectivity index (χ0) is 9.35. The number of hydrogen-bond donors (Lipinski definition) is 2. The second kappa shape index (κ2) is 2.47. The van der Waals surface area contributed by atoms with Crippen molar-refractivity contribution < 1.29 is 13.2 Å². The first-order valence-electron chi connectivity index (χ1n) is 2.67. The van der Waals surface area contributed by atoms with Crippen molar-refractivity contribution in [1.29, 1.82) is 0 Å². The van der Waals surface area contributed by atoms with E-state index in [1.54, 1.807) is 0 Å². The van der Waals surface area contributed by atoms with Crippen LogP contribution >= 0.6 is 0 Å². The number of H-pyrrole nitrogens is 2. The maximum Gasteiger partial charge on any atom is 0.440 e. The molecule has 0 fully saturated rings. The Morgan fingerprint density at radius 1 is 1.25 bits per heavy atom. The van der Waals surface area contributed by atoms with Gasteiger partial charge in [0, 0.05) is 0 Å². The molecule has 0 bridgehead atoms. The van der Waals surface area contributed by atoms with Crippen molar-refractivity contribution in [3.8, 4) is 0 Å². The Kier molecular flexibility index (Phi) is 1.75. The van der Waals surface area contributed by atoms with E-state index in [9.17, 15) is 22.8 Å². The Labute approximate surface area is 62.2 Å². The summed E-state index contributed by atoms with van der Waals surface area (Å²) in [5.41, 5.74) is -4.29. The second-order valence-electron chi connectivity index (χ2n) is 1.85. The van der Waals surface area contributed by atoms with Gasteiger partial charge in [-0.1, -0.05) is 0 Å². The molecule has 0 aliphatic rings. The molecule has 12 heavy (non-hydrogen) atoms. The summed E-state index contributed by atoms with van der Waals surface area (Å²) < 4.78 is 35.3. The van der Waals surface area contributed by atoms with E-state index in [1.165, 1.54) is 10.1 Å². The first-order valence-corrected chi connectivity index (χ1v) is 2.67. The van der Waals surface area contributed by atoms with Crippen molar-refractivity contribution in [1.82, 2.24) is 15.2 Å². The van der Waals surface area contributed by atoms with Gasteiger partial charge in [-0.3, -0.25) is 9.78 Å². The standard InChI is InChI=1S/C4H2F3N3O2/c5-4(6,7)1-2(11)8-3(12)10-9-1/h(H2,8,10,11,12). The summed E-state index contributed by atoms with van der Waals surface area (Å²) in [4.78, 5) is 22.1. The molecule has 1 heterocycles. The van der Waals surface area contributed by atoms with Crippen LogP contribution < -0.4 is 11.2 Å². The predicted octanol–water partition coefficient (Wildman–Crippen LogP) is -0.523.